The van der Waals surface area contributed by atoms with Crippen molar-refractivity contribution in [3.8, 4) is 5.75 Å². The van der Waals surface area contributed by atoms with Gasteiger partial charge in [-0.1, -0.05) is 12.2 Å². The van der Waals surface area contributed by atoms with Gasteiger partial charge in [-0.2, -0.15) is 0 Å². The summed E-state index contributed by atoms with van der Waals surface area (Å²) in [6.07, 6.45) is 0. The maximum Gasteiger partial charge on any atom is 0.150 e. The third kappa shape index (κ3) is 3.03. The number of methoxy groups -OCH3 is 1. The fraction of sp³-hybridized carbons (Fsp3) is 0.0714. The second-order valence-electron chi connectivity index (χ2n) is 4.03. The number of ether oxygens (including phenoxy) is 1. The summed E-state index contributed by atoms with van der Waals surface area (Å²) in [7, 11) is 1.54. The summed E-state index contributed by atoms with van der Waals surface area (Å²) in [5.41, 5.74) is 5.78. The first-order valence-electron chi connectivity index (χ1n) is 5.71. The van der Waals surface area contributed by atoms with Gasteiger partial charge in [0, 0.05) is 11.3 Å². The third-order valence-corrected chi connectivity index (χ3v) is 2.92. The minimum Gasteiger partial charge on any atom is -0.497 e. The van der Waals surface area contributed by atoms with E-state index in [9.17, 15) is 8.78 Å². The van der Waals surface area contributed by atoms with Crippen molar-refractivity contribution in [3.63, 3.8) is 0 Å². The minimum absolute atomic E-state index is 0.0567. The first-order chi connectivity index (χ1) is 9.51. The van der Waals surface area contributed by atoms with Crippen LogP contribution in [0.15, 0.2) is 36.4 Å². The lowest BCUT2D eigenvalue weighted by Gasteiger charge is -2.11. The van der Waals surface area contributed by atoms with Crippen LogP contribution in [0.2, 0.25) is 0 Å². The van der Waals surface area contributed by atoms with Gasteiger partial charge in [0.1, 0.15) is 28.1 Å². The van der Waals surface area contributed by atoms with E-state index in [-0.39, 0.29) is 16.2 Å². The number of anilines is 2. The lowest BCUT2D eigenvalue weighted by molar-refractivity contribution is 0.415. The molecule has 0 aromatic heterocycles. The van der Waals surface area contributed by atoms with E-state index in [2.05, 4.69) is 5.32 Å². The van der Waals surface area contributed by atoms with Crippen LogP contribution < -0.4 is 15.8 Å². The summed E-state index contributed by atoms with van der Waals surface area (Å²) in [5.74, 6) is -0.868. The highest BCUT2D eigenvalue weighted by Gasteiger charge is 2.12. The average Bonchev–Trinajstić information content (AvgIpc) is 2.43. The van der Waals surface area contributed by atoms with Crippen molar-refractivity contribution in [2.24, 2.45) is 5.73 Å². The van der Waals surface area contributed by atoms with Gasteiger partial charge in [0.05, 0.1) is 7.11 Å². The smallest absolute Gasteiger partial charge is 0.150 e. The maximum atomic E-state index is 13.9. The highest BCUT2D eigenvalue weighted by Crippen LogP contribution is 2.26. The van der Waals surface area contributed by atoms with Crippen molar-refractivity contribution < 1.29 is 13.5 Å². The number of hydrogen-bond donors (Lipinski definition) is 2. The van der Waals surface area contributed by atoms with Crippen molar-refractivity contribution in [1.29, 1.82) is 0 Å². The van der Waals surface area contributed by atoms with Gasteiger partial charge in [-0.3, -0.25) is 0 Å². The molecule has 0 amide bonds. The van der Waals surface area contributed by atoms with Crippen LogP contribution in [0, 0.1) is 11.6 Å². The minimum atomic E-state index is -0.761. The van der Waals surface area contributed by atoms with Crippen LogP contribution >= 0.6 is 12.2 Å². The van der Waals surface area contributed by atoms with Gasteiger partial charge in [0.2, 0.25) is 0 Å². The first-order valence-corrected chi connectivity index (χ1v) is 6.12. The first kappa shape index (κ1) is 14.2. The number of hydrogen-bond acceptors (Lipinski definition) is 3. The third-order valence-electron chi connectivity index (χ3n) is 2.69. The standard InChI is InChI=1S/C14H12F2N2OS/c1-19-10-4-2-9(3-5-10)18-13-11(15)6-8(14(17)20)7-12(13)16/h2-7,18H,1H3,(H2,17,20). The zero-order valence-corrected chi connectivity index (χ0v) is 11.4. The number of halogens is 2. The van der Waals surface area contributed by atoms with E-state index >= 15 is 0 Å². The number of benzene rings is 2. The maximum absolute atomic E-state index is 13.9. The van der Waals surface area contributed by atoms with Crippen LogP contribution in [0.3, 0.4) is 0 Å². The molecule has 0 atom stereocenters. The lowest BCUT2D eigenvalue weighted by atomic mass is 10.1. The molecule has 0 aliphatic carbocycles. The molecule has 0 fully saturated rings. The summed E-state index contributed by atoms with van der Waals surface area (Å²) in [5, 5.41) is 2.67. The fourth-order valence-corrected chi connectivity index (χ4v) is 1.77. The molecule has 6 heteroatoms. The zero-order valence-electron chi connectivity index (χ0n) is 10.6. The molecule has 2 aromatic rings. The molecule has 0 aliphatic rings. The molecule has 0 bridgehead atoms. The Kier molecular flexibility index (Phi) is 4.14. The molecular weight excluding hydrogens is 282 g/mol. The molecule has 0 unspecified atom stereocenters. The Morgan fingerprint density at radius 1 is 1.15 bits per heavy atom. The molecule has 3 N–H and O–H groups in total. The van der Waals surface area contributed by atoms with Gasteiger partial charge in [0.25, 0.3) is 0 Å². The van der Waals surface area contributed by atoms with Crippen molar-refractivity contribution in [1.82, 2.24) is 0 Å². The Morgan fingerprint density at radius 3 is 2.15 bits per heavy atom. The van der Waals surface area contributed by atoms with Gasteiger partial charge in [-0.25, -0.2) is 8.78 Å². The van der Waals surface area contributed by atoms with Gasteiger partial charge >= 0.3 is 0 Å². The summed E-state index contributed by atoms with van der Waals surface area (Å²) >= 11 is 4.69. The van der Waals surface area contributed by atoms with Gasteiger partial charge < -0.3 is 15.8 Å². The van der Waals surface area contributed by atoms with Crippen LogP contribution in [0.1, 0.15) is 5.56 Å². The van der Waals surface area contributed by atoms with Crippen LogP contribution in [-0.4, -0.2) is 12.1 Å². The summed E-state index contributed by atoms with van der Waals surface area (Å²) in [6, 6.07) is 8.86. The zero-order chi connectivity index (χ0) is 14.7. The fourth-order valence-electron chi connectivity index (χ4n) is 1.65. The molecule has 0 saturated carbocycles. The van der Waals surface area contributed by atoms with Crippen molar-refractivity contribution in [2.45, 2.75) is 0 Å². The molecule has 0 radical (unpaired) electrons. The second-order valence-corrected chi connectivity index (χ2v) is 4.47. The molecule has 20 heavy (non-hydrogen) atoms. The summed E-state index contributed by atoms with van der Waals surface area (Å²) < 4.78 is 32.7. The van der Waals surface area contributed by atoms with E-state index in [1.807, 2.05) is 0 Å². The SMILES string of the molecule is COc1ccc(Nc2c(F)cc(C(N)=S)cc2F)cc1. The average molecular weight is 294 g/mol. The lowest BCUT2D eigenvalue weighted by Crippen LogP contribution is -2.11. The molecule has 0 spiro atoms. The molecule has 3 nitrogen and oxygen atoms in total. The normalized spacial score (nSPS) is 10.2. The Morgan fingerprint density at radius 2 is 1.70 bits per heavy atom. The van der Waals surface area contributed by atoms with Crippen molar-refractivity contribution >= 4 is 28.6 Å². The van der Waals surface area contributed by atoms with Crippen molar-refractivity contribution in [3.05, 3.63) is 53.6 Å². The Labute approximate surface area is 120 Å². The van der Waals surface area contributed by atoms with Gasteiger partial charge in [0.15, 0.2) is 0 Å². The number of thiocarbonyl (C=S) groups is 1. The number of rotatable bonds is 4. The highest BCUT2D eigenvalue weighted by molar-refractivity contribution is 7.80. The number of nitrogens with two attached hydrogens (primary N) is 1. The van der Waals surface area contributed by atoms with Crippen molar-refractivity contribution in [2.75, 3.05) is 12.4 Å². The predicted octanol–water partition coefficient (Wildman–Crippen LogP) is 3.35. The molecule has 0 aliphatic heterocycles. The Balaban J connectivity index is 2.30. The van der Waals surface area contributed by atoms with Crippen LogP contribution in [0.5, 0.6) is 5.75 Å². The van der Waals surface area contributed by atoms with Gasteiger partial charge in [-0.05, 0) is 36.4 Å². The van der Waals surface area contributed by atoms with E-state index in [4.69, 9.17) is 22.7 Å². The highest BCUT2D eigenvalue weighted by atomic mass is 32.1. The summed E-state index contributed by atoms with van der Waals surface area (Å²) in [4.78, 5) is -0.0567. The quantitative estimate of drug-likeness (QED) is 0.849. The topological polar surface area (TPSA) is 47.3 Å². The molecular formula is C14H12F2N2OS. The molecule has 2 aromatic carbocycles. The van der Waals surface area contributed by atoms with Gasteiger partial charge in [-0.15, -0.1) is 0 Å². The Bertz CT molecular complexity index is 621. The molecule has 0 saturated heterocycles. The van der Waals surface area contributed by atoms with Crippen LogP contribution in [0.25, 0.3) is 0 Å². The number of nitrogens with one attached hydrogen (secondary N) is 1. The summed E-state index contributed by atoms with van der Waals surface area (Å²) in [6.45, 7) is 0. The van der Waals surface area contributed by atoms with E-state index in [1.165, 1.54) is 7.11 Å². The monoisotopic (exact) mass is 294 g/mol. The second kappa shape index (κ2) is 5.83. The van der Waals surface area contributed by atoms with Crippen LogP contribution in [0.4, 0.5) is 20.2 Å². The Hall–Kier alpha value is -2.21. The van der Waals surface area contributed by atoms with E-state index < -0.39 is 11.6 Å². The molecule has 104 valence electrons. The van der Waals surface area contributed by atoms with E-state index in [0.29, 0.717) is 11.4 Å². The molecule has 0 heterocycles. The molecule has 2 rings (SSSR count). The van der Waals surface area contributed by atoms with E-state index in [0.717, 1.165) is 12.1 Å². The van der Waals surface area contributed by atoms with Crippen LogP contribution in [-0.2, 0) is 0 Å². The predicted molar refractivity (Wildman–Crippen MR) is 78.5 cm³/mol. The van der Waals surface area contributed by atoms with E-state index in [1.54, 1.807) is 24.3 Å². The largest absolute Gasteiger partial charge is 0.497 e.